The first kappa shape index (κ1) is 15.0. The van der Waals surface area contributed by atoms with Crippen LogP contribution in [0.25, 0.3) is 0 Å². The number of likely N-dealkylation sites (tertiary alicyclic amines) is 1. The molecule has 0 aromatic rings. The van der Waals surface area contributed by atoms with Crippen LogP contribution in [0.2, 0.25) is 0 Å². The SMILES string of the molecule is CC(CCCC(C)N1C(=O)C2C(C1=O)C2(C)C)C(=O)O. The Morgan fingerprint density at radius 3 is 2.15 bits per heavy atom. The largest absolute Gasteiger partial charge is 0.481 e. The summed E-state index contributed by atoms with van der Waals surface area (Å²) in [5, 5.41) is 8.82. The molecule has 20 heavy (non-hydrogen) atoms. The lowest BCUT2D eigenvalue weighted by molar-refractivity contribution is -0.146. The second-order valence-corrected chi connectivity index (χ2v) is 6.84. The van der Waals surface area contributed by atoms with Crippen molar-refractivity contribution in [3.8, 4) is 0 Å². The number of amides is 2. The van der Waals surface area contributed by atoms with Gasteiger partial charge in [-0.05, 0) is 25.2 Å². The van der Waals surface area contributed by atoms with Gasteiger partial charge in [-0.3, -0.25) is 19.3 Å². The quantitative estimate of drug-likeness (QED) is 0.755. The maximum Gasteiger partial charge on any atom is 0.306 e. The third-order valence-electron chi connectivity index (χ3n) is 4.96. The molecule has 0 bridgehead atoms. The van der Waals surface area contributed by atoms with Crippen LogP contribution < -0.4 is 0 Å². The van der Waals surface area contributed by atoms with Gasteiger partial charge < -0.3 is 5.11 Å². The first-order chi connectivity index (χ1) is 9.19. The van der Waals surface area contributed by atoms with Gasteiger partial charge in [-0.25, -0.2) is 0 Å². The number of rotatable bonds is 6. The van der Waals surface area contributed by atoms with Gasteiger partial charge in [0, 0.05) is 6.04 Å². The van der Waals surface area contributed by atoms with E-state index in [9.17, 15) is 14.4 Å². The molecule has 0 spiro atoms. The van der Waals surface area contributed by atoms with Crippen molar-refractivity contribution in [3.63, 3.8) is 0 Å². The van der Waals surface area contributed by atoms with E-state index in [4.69, 9.17) is 5.11 Å². The highest BCUT2D eigenvalue weighted by Gasteiger charge is 2.72. The summed E-state index contributed by atoms with van der Waals surface area (Å²) in [6.07, 6.45) is 1.97. The third-order valence-corrected chi connectivity index (χ3v) is 4.96. The van der Waals surface area contributed by atoms with E-state index in [1.54, 1.807) is 6.92 Å². The molecule has 4 unspecified atom stereocenters. The van der Waals surface area contributed by atoms with E-state index < -0.39 is 5.97 Å². The summed E-state index contributed by atoms with van der Waals surface area (Å²) >= 11 is 0. The Kier molecular flexibility index (Phi) is 3.65. The van der Waals surface area contributed by atoms with Gasteiger partial charge in [0.1, 0.15) is 0 Å². The van der Waals surface area contributed by atoms with E-state index >= 15 is 0 Å². The Bertz CT molecular complexity index is 433. The van der Waals surface area contributed by atoms with Crippen molar-refractivity contribution >= 4 is 17.8 Å². The molecule has 112 valence electrons. The van der Waals surface area contributed by atoms with E-state index in [2.05, 4.69) is 0 Å². The van der Waals surface area contributed by atoms with Crippen LogP contribution in [0.3, 0.4) is 0 Å². The van der Waals surface area contributed by atoms with Gasteiger partial charge in [-0.1, -0.05) is 27.2 Å². The number of aliphatic carboxylic acids is 1. The van der Waals surface area contributed by atoms with Crippen molar-refractivity contribution in [3.05, 3.63) is 0 Å². The Balaban J connectivity index is 1.86. The lowest BCUT2D eigenvalue weighted by Crippen LogP contribution is -2.42. The predicted molar refractivity (Wildman–Crippen MR) is 72.7 cm³/mol. The number of imide groups is 1. The van der Waals surface area contributed by atoms with E-state index in [1.165, 1.54) is 4.90 Å². The summed E-state index contributed by atoms with van der Waals surface area (Å²) in [6, 6.07) is -0.125. The monoisotopic (exact) mass is 281 g/mol. The summed E-state index contributed by atoms with van der Waals surface area (Å²) in [5.74, 6) is -1.51. The second kappa shape index (κ2) is 4.86. The number of nitrogens with zero attached hydrogens (tertiary/aromatic N) is 1. The fraction of sp³-hybridized carbons (Fsp3) is 0.800. The van der Waals surface area contributed by atoms with Gasteiger partial charge in [0.2, 0.25) is 11.8 Å². The number of carbonyl (C=O) groups is 3. The van der Waals surface area contributed by atoms with Crippen molar-refractivity contribution in [2.45, 2.75) is 53.0 Å². The van der Waals surface area contributed by atoms with Gasteiger partial charge in [-0.2, -0.15) is 0 Å². The lowest BCUT2D eigenvalue weighted by Gasteiger charge is -2.27. The molecular weight excluding hydrogens is 258 g/mol. The molecule has 0 aromatic heterocycles. The normalized spacial score (nSPS) is 30.1. The van der Waals surface area contributed by atoms with Gasteiger partial charge in [-0.15, -0.1) is 0 Å². The minimum atomic E-state index is -0.797. The lowest BCUT2D eigenvalue weighted by atomic mass is 10.00. The van der Waals surface area contributed by atoms with Crippen molar-refractivity contribution in [1.82, 2.24) is 4.90 Å². The summed E-state index contributed by atoms with van der Waals surface area (Å²) in [5.41, 5.74) is -0.164. The van der Waals surface area contributed by atoms with Gasteiger partial charge in [0.15, 0.2) is 0 Å². The highest BCUT2D eigenvalue weighted by Crippen LogP contribution is 2.63. The van der Waals surface area contributed by atoms with Gasteiger partial charge >= 0.3 is 5.97 Å². The van der Waals surface area contributed by atoms with E-state index in [1.807, 2.05) is 20.8 Å². The number of piperidine rings is 1. The molecule has 2 rings (SSSR count). The molecule has 1 saturated heterocycles. The third kappa shape index (κ3) is 2.23. The van der Waals surface area contributed by atoms with Gasteiger partial charge in [0.25, 0.3) is 0 Å². The molecule has 5 heteroatoms. The summed E-state index contributed by atoms with van der Waals surface area (Å²) < 4.78 is 0. The Hall–Kier alpha value is -1.39. The van der Waals surface area contributed by atoms with E-state index in [0.717, 1.165) is 0 Å². The Morgan fingerprint density at radius 2 is 1.70 bits per heavy atom. The second-order valence-electron chi connectivity index (χ2n) is 6.84. The summed E-state index contributed by atoms with van der Waals surface area (Å²) in [4.78, 5) is 36.6. The van der Waals surface area contributed by atoms with Crippen LogP contribution >= 0.6 is 0 Å². The minimum Gasteiger partial charge on any atom is -0.481 e. The van der Waals surface area contributed by atoms with Crippen molar-refractivity contribution in [2.24, 2.45) is 23.2 Å². The van der Waals surface area contributed by atoms with Crippen LogP contribution in [-0.4, -0.2) is 33.8 Å². The Labute approximate surface area is 119 Å². The number of carbonyl (C=O) groups excluding carboxylic acids is 2. The van der Waals surface area contributed by atoms with Crippen LogP contribution in [0.1, 0.15) is 47.0 Å². The minimum absolute atomic E-state index is 0.0382. The average Bonchev–Trinajstić information content (AvgIpc) is 2.78. The molecule has 1 heterocycles. The van der Waals surface area contributed by atoms with Crippen molar-refractivity contribution < 1.29 is 19.5 Å². The molecule has 1 aliphatic heterocycles. The first-order valence-corrected chi connectivity index (χ1v) is 7.29. The fourth-order valence-corrected chi connectivity index (χ4v) is 3.37. The first-order valence-electron chi connectivity index (χ1n) is 7.29. The smallest absolute Gasteiger partial charge is 0.306 e. The number of fused-ring (bicyclic) bond motifs is 1. The number of carboxylic acid groups (broad SMARTS) is 1. The molecule has 2 amide bonds. The van der Waals surface area contributed by atoms with Crippen LogP contribution in [0.5, 0.6) is 0 Å². The van der Waals surface area contributed by atoms with Crippen molar-refractivity contribution in [1.29, 1.82) is 0 Å². The summed E-state index contributed by atoms with van der Waals surface area (Å²) in [7, 11) is 0. The number of carboxylic acids is 1. The van der Waals surface area contributed by atoms with Crippen LogP contribution in [0.15, 0.2) is 0 Å². The molecule has 2 aliphatic rings. The van der Waals surface area contributed by atoms with Crippen LogP contribution in [0, 0.1) is 23.2 Å². The molecule has 1 saturated carbocycles. The molecular formula is C15H23NO4. The fourth-order valence-electron chi connectivity index (χ4n) is 3.37. The molecule has 5 nitrogen and oxygen atoms in total. The van der Waals surface area contributed by atoms with E-state index in [-0.39, 0.29) is 41.0 Å². The van der Waals surface area contributed by atoms with Crippen LogP contribution in [0.4, 0.5) is 0 Å². The highest BCUT2D eigenvalue weighted by molar-refractivity contribution is 6.10. The van der Waals surface area contributed by atoms with Gasteiger partial charge in [0.05, 0.1) is 17.8 Å². The topological polar surface area (TPSA) is 74.7 Å². The highest BCUT2D eigenvalue weighted by atomic mass is 16.4. The average molecular weight is 281 g/mol. The molecule has 4 atom stereocenters. The molecule has 1 N–H and O–H groups in total. The maximum absolute atomic E-state index is 12.2. The maximum atomic E-state index is 12.2. The van der Waals surface area contributed by atoms with Crippen LogP contribution in [-0.2, 0) is 14.4 Å². The van der Waals surface area contributed by atoms with E-state index in [0.29, 0.717) is 19.3 Å². The number of hydrogen-bond donors (Lipinski definition) is 1. The zero-order valence-electron chi connectivity index (χ0n) is 12.5. The van der Waals surface area contributed by atoms with Crippen molar-refractivity contribution in [2.75, 3.05) is 0 Å². The zero-order valence-corrected chi connectivity index (χ0v) is 12.5. The molecule has 0 radical (unpaired) electrons. The molecule has 1 aliphatic carbocycles. The standard InChI is InChI=1S/C15H23NO4/c1-8(14(19)20)6-5-7-9(2)16-12(17)10-11(13(16)18)15(10,3)4/h8-11H,5-7H2,1-4H3,(H,19,20). The Morgan fingerprint density at radius 1 is 1.20 bits per heavy atom. The zero-order chi connectivity index (χ0) is 15.2. The molecule has 2 fully saturated rings. The predicted octanol–water partition coefficient (Wildman–Crippen LogP) is 1.91. The molecule has 0 aromatic carbocycles. The summed E-state index contributed by atoms with van der Waals surface area (Å²) in [6.45, 7) is 7.49. The number of hydrogen-bond acceptors (Lipinski definition) is 3.